The van der Waals surface area contributed by atoms with Gasteiger partial charge in [-0.05, 0) is 73.9 Å². The van der Waals surface area contributed by atoms with E-state index in [1.807, 2.05) is 69.3 Å². The van der Waals surface area contributed by atoms with Crippen molar-refractivity contribution in [3.05, 3.63) is 89.5 Å². The largest absolute Gasteiger partial charge is 0.457 e. The average molecular weight is 487 g/mol. The third-order valence-electron chi connectivity index (χ3n) is 6.34. The number of carbonyl (C=O) groups is 3. The van der Waals surface area contributed by atoms with Crippen LogP contribution in [-0.4, -0.2) is 30.9 Å². The fraction of sp³-hybridized carbons (Fsp3) is 0.276. The molecule has 0 bridgehead atoms. The predicted octanol–water partition coefficient (Wildman–Crippen LogP) is 4.87. The minimum atomic E-state index is -0.622. The van der Waals surface area contributed by atoms with Crippen LogP contribution in [0.25, 0.3) is 0 Å². The van der Waals surface area contributed by atoms with Gasteiger partial charge in [-0.15, -0.1) is 0 Å². The van der Waals surface area contributed by atoms with E-state index in [2.05, 4.69) is 5.32 Å². The molecule has 0 radical (unpaired) electrons. The lowest BCUT2D eigenvalue weighted by atomic mass is 10.1. The van der Waals surface area contributed by atoms with Crippen molar-refractivity contribution in [3.8, 4) is 11.5 Å². The summed E-state index contributed by atoms with van der Waals surface area (Å²) in [6.45, 7) is 5.76. The molecule has 1 saturated heterocycles. The van der Waals surface area contributed by atoms with Crippen molar-refractivity contribution in [3.63, 3.8) is 0 Å². The van der Waals surface area contributed by atoms with Gasteiger partial charge >= 0.3 is 5.97 Å². The Morgan fingerprint density at radius 2 is 1.67 bits per heavy atom. The maximum absolute atomic E-state index is 12.6. The summed E-state index contributed by atoms with van der Waals surface area (Å²) in [5, 5.41) is 2.81. The van der Waals surface area contributed by atoms with Crippen LogP contribution in [0.3, 0.4) is 0 Å². The first-order valence-electron chi connectivity index (χ1n) is 12.0. The van der Waals surface area contributed by atoms with E-state index in [0.29, 0.717) is 11.4 Å². The highest BCUT2D eigenvalue weighted by molar-refractivity contribution is 5.99. The average Bonchev–Trinajstić information content (AvgIpc) is 3.27. The zero-order chi connectivity index (χ0) is 25.7. The van der Waals surface area contributed by atoms with Crippen LogP contribution in [-0.2, 0) is 19.1 Å². The van der Waals surface area contributed by atoms with E-state index in [4.69, 9.17) is 9.47 Å². The zero-order valence-electron chi connectivity index (χ0n) is 20.7. The highest BCUT2D eigenvalue weighted by Gasteiger charge is 2.36. The molecule has 0 aliphatic carbocycles. The van der Waals surface area contributed by atoms with Crippen molar-refractivity contribution in [1.29, 1.82) is 0 Å². The molecule has 7 nitrogen and oxygen atoms in total. The molecule has 2 atom stereocenters. The van der Waals surface area contributed by atoms with Gasteiger partial charge in [0.2, 0.25) is 5.91 Å². The maximum Gasteiger partial charge on any atom is 0.311 e. The Morgan fingerprint density at radius 1 is 0.972 bits per heavy atom. The summed E-state index contributed by atoms with van der Waals surface area (Å²) in [4.78, 5) is 38.9. The van der Waals surface area contributed by atoms with Crippen LogP contribution in [0.5, 0.6) is 11.5 Å². The van der Waals surface area contributed by atoms with Gasteiger partial charge in [0.15, 0.2) is 6.61 Å². The van der Waals surface area contributed by atoms with E-state index in [1.165, 1.54) is 5.56 Å². The Labute approximate surface area is 211 Å². The Balaban J connectivity index is 1.28. The summed E-state index contributed by atoms with van der Waals surface area (Å²) < 4.78 is 11.1. The molecule has 0 unspecified atom stereocenters. The molecule has 3 aromatic carbocycles. The van der Waals surface area contributed by atoms with Crippen LogP contribution in [0.2, 0.25) is 0 Å². The summed E-state index contributed by atoms with van der Waals surface area (Å²) in [5.41, 5.74) is 3.98. The van der Waals surface area contributed by atoms with Crippen LogP contribution in [0.4, 0.5) is 5.69 Å². The van der Waals surface area contributed by atoms with E-state index in [9.17, 15) is 14.4 Å². The molecule has 1 fully saturated rings. The summed E-state index contributed by atoms with van der Waals surface area (Å²) in [6.07, 6.45) is 0.0434. The van der Waals surface area contributed by atoms with Gasteiger partial charge in [-0.1, -0.05) is 36.4 Å². The number of carbonyl (C=O) groups excluding carboxylic acids is 3. The van der Waals surface area contributed by atoms with Gasteiger partial charge in [-0.2, -0.15) is 0 Å². The minimum Gasteiger partial charge on any atom is -0.457 e. The summed E-state index contributed by atoms with van der Waals surface area (Å²) in [5.74, 6) is -0.331. The van der Waals surface area contributed by atoms with Crippen LogP contribution >= 0.6 is 0 Å². The fourth-order valence-electron chi connectivity index (χ4n) is 4.09. The lowest BCUT2D eigenvalue weighted by Crippen LogP contribution is -2.32. The van der Waals surface area contributed by atoms with Gasteiger partial charge in [-0.25, -0.2) is 0 Å². The standard InChI is InChI=1S/C29H30N2O5/c1-19-9-12-26(15-20(19)2)36-25-13-10-24(11-14-25)31-17-23(16-28(31)33)29(34)35-18-27(32)30-21(3)22-7-5-4-6-8-22/h4-15,21,23H,16-18H2,1-3H3,(H,30,32)/t21-,23-/m0/s1. The molecule has 186 valence electrons. The van der Waals surface area contributed by atoms with E-state index in [-0.39, 0.29) is 37.4 Å². The molecule has 0 aromatic heterocycles. The molecule has 4 rings (SSSR count). The van der Waals surface area contributed by atoms with Crippen molar-refractivity contribution in [2.45, 2.75) is 33.2 Å². The van der Waals surface area contributed by atoms with Crippen molar-refractivity contribution in [1.82, 2.24) is 5.32 Å². The van der Waals surface area contributed by atoms with E-state index < -0.39 is 11.9 Å². The van der Waals surface area contributed by atoms with Gasteiger partial charge in [0.1, 0.15) is 11.5 Å². The number of nitrogens with zero attached hydrogens (tertiary/aromatic N) is 1. The number of nitrogens with one attached hydrogen (secondary N) is 1. The molecule has 1 aliphatic rings. The number of benzene rings is 3. The minimum absolute atomic E-state index is 0.0434. The molecule has 1 aliphatic heterocycles. The van der Waals surface area contributed by atoms with Crippen molar-refractivity contribution in [2.24, 2.45) is 5.92 Å². The quantitative estimate of drug-likeness (QED) is 0.459. The van der Waals surface area contributed by atoms with E-state index in [1.54, 1.807) is 29.2 Å². The number of hydrogen-bond donors (Lipinski definition) is 1. The highest BCUT2D eigenvalue weighted by atomic mass is 16.5. The molecule has 1 N–H and O–H groups in total. The molecular formula is C29H30N2O5. The smallest absolute Gasteiger partial charge is 0.311 e. The van der Waals surface area contributed by atoms with Crippen molar-refractivity contribution in [2.75, 3.05) is 18.1 Å². The van der Waals surface area contributed by atoms with Crippen LogP contribution in [0, 0.1) is 19.8 Å². The lowest BCUT2D eigenvalue weighted by molar-refractivity contribution is -0.152. The molecule has 1 heterocycles. The molecule has 2 amide bonds. The number of aryl methyl sites for hydroxylation is 2. The number of ether oxygens (including phenoxy) is 2. The van der Waals surface area contributed by atoms with Gasteiger partial charge < -0.3 is 19.7 Å². The second-order valence-electron chi connectivity index (χ2n) is 9.06. The summed E-state index contributed by atoms with van der Waals surface area (Å²) in [6, 6.07) is 22.4. The maximum atomic E-state index is 12.6. The molecule has 36 heavy (non-hydrogen) atoms. The molecular weight excluding hydrogens is 456 g/mol. The Hall–Kier alpha value is -4.13. The first kappa shape index (κ1) is 25.0. The third kappa shape index (κ3) is 6.10. The number of amides is 2. The van der Waals surface area contributed by atoms with E-state index in [0.717, 1.165) is 16.9 Å². The molecule has 0 spiro atoms. The normalized spacial score (nSPS) is 15.9. The third-order valence-corrected chi connectivity index (χ3v) is 6.34. The lowest BCUT2D eigenvalue weighted by Gasteiger charge is -2.17. The zero-order valence-corrected chi connectivity index (χ0v) is 20.7. The van der Waals surface area contributed by atoms with Gasteiger partial charge in [0, 0.05) is 18.7 Å². The SMILES string of the molecule is Cc1ccc(Oc2ccc(N3C[C@@H](C(=O)OCC(=O)N[C@@H](C)c4ccccc4)CC3=O)cc2)cc1C. The second-order valence-corrected chi connectivity index (χ2v) is 9.06. The van der Waals surface area contributed by atoms with Gasteiger partial charge in [-0.3, -0.25) is 14.4 Å². The molecule has 0 saturated carbocycles. The Kier molecular flexibility index (Phi) is 7.68. The topological polar surface area (TPSA) is 84.9 Å². The van der Waals surface area contributed by atoms with Crippen LogP contribution in [0.15, 0.2) is 72.8 Å². The number of esters is 1. The first-order chi connectivity index (χ1) is 17.3. The Bertz CT molecular complexity index is 1240. The number of anilines is 1. The first-order valence-corrected chi connectivity index (χ1v) is 12.0. The van der Waals surface area contributed by atoms with Crippen molar-refractivity contribution < 1.29 is 23.9 Å². The second kappa shape index (κ2) is 11.1. The highest BCUT2D eigenvalue weighted by Crippen LogP contribution is 2.29. The molecule has 3 aromatic rings. The monoisotopic (exact) mass is 486 g/mol. The van der Waals surface area contributed by atoms with Gasteiger partial charge in [0.25, 0.3) is 5.91 Å². The van der Waals surface area contributed by atoms with Gasteiger partial charge in [0.05, 0.1) is 12.0 Å². The summed E-state index contributed by atoms with van der Waals surface area (Å²) in [7, 11) is 0. The number of hydrogen-bond acceptors (Lipinski definition) is 5. The predicted molar refractivity (Wildman–Crippen MR) is 137 cm³/mol. The molecule has 7 heteroatoms. The fourth-order valence-corrected chi connectivity index (χ4v) is 4.09. The van der Waals surface area contributed by atoms with Crippen molar-refractivity contribution >= 4 is 23.5 Å². The Morgan fingerprint density at radius 3 is 2.36 bits per heavy atom. The van der Waals surface area contributed by atoms with Crippen LogP contribution < -0.4 is 15.0 Å². The van der Waals surface area contributed by atoms with Crippen LogP contribution in [0.1, 0.15) is 36.1 Å². The number of rotatable bonds is 8. The van der Waals surface area contributed by atoms with E-state index >= 15 is 0 Å². The summed E-state index contributed by atoms with van der Waals surface area (Å²) >= 11 is 0.